The number of carbonyl (C=O) groups is 3. The van der Waals surface area contributed by atoms with Crippen LogP contribution in [0.1, 0.15) is 48.9 Å². The molecule has 4 rings (SSSR count). The fourth-order valence-corrected chi connectivity index (χ4v) is 4.67. The number of hydrogen-bond acceptors (Lipinski definition) is 6. The highest BCUT2D eigenvalue weighted by molar-refractivity contribution is 6.00. The maximum atomic E-state index is 15.7. The number of alkyl halides is 1. The zero-order chi connectivity index (χ0) is 26.9. The van der Waals surface area contributed by atoms with Gasteiger partial charge in [0.05, 0.1) is 25.2 Å². The van der Waals surface area contributed by atoms with Crippen LogP contribution in [-0.2, 0) is 20.7 Å². The van der Waals surface area contributed by atoms with Crippen LogP contribution < -0.4 is 5.32 Å². The quantitative estimate of drug-likeness (QED) is 0.358. The van der Waals surface area contributed by atoms with Gasteiger partial charge in [-0.2, -0.15) is 0 Å². The fraction of sp³-hybridized carbons (Fsp3) is 0.448. The van der Waals surface area contributed by atoms with E-state index in [4.69, 9.17) is 9.15 Å². The molecule has 2 heterocycles. The number of carbonyl (C=O) groups excluding carboxylic acids is 3. The van der Waals surface area contributed by atoms with Crippen LogP contribution in [0.25, 0.3) is 11.1 Å². The molecule has 202 valence electrons. The lowest BCUT2D eigenvalue weighted by atomic mass is 9.92. The Bertz CT molecular complexity index is 1190. The zero-order valence-corrected chi connectivity index (χ0v) is 21.6. The van der Waals surface area contributed by atoms with Crippen molar-refractivity contribution in [1.82, 2.24) is 15.2 Å². The maximum absolute atomic E-state index is 15.7. The summed E-state index contributed by atoms with van der Waals surface area (Å²) < 4.78 is 26.6. The van der Waals surface area contributed by atoms with Crippen LogP contribution in [0.5, 0.6) is 0 Å². The summed E-state index contributed by atoms with van der Waals surface area (Å²) in [6.07, 6.45) is 0.217. The number of fused-ring (bicyclic) bond motifs is 1. The van der Waals surface area contributed by atoms with E-state index in [1.807, 2.05) is 37.3 Å². The lowest BCUT2D eigenvalue weighted by Crippen LogP contribution is -2.51. The highest BCUT2D eigenvalue weighted by atomic mass is 19.1. The molecule has 2 aromatic carbocycles. The Morgan fingerprint density at radius 2 is 1.74 bits per heavy atom. The summed E-state index contributed by atoms with van der Waals surface area (Å²) >= 11 is 0. The van der Waals surface area contributed by atoms with Crippen molar-refractivity contribution < 1.29 is 27.9 Å². The van der Waals surface area contributed by atoms with Gasteiger partial charge in [-0.05, 0) is 43.4 Å². The third kappa shape index (κ3) is 6.83. The van der Waals surface area contributed by atoms with E-state index in [0.717, 1.165) is 5.56 Å². The minimum absolute atomic E-state index is 0.105. The van der Waals surface area contributed by atoms with Gasteiger partial charge in [-0.3, -0.25) is 14.4 Å². The second-order valence-electron chi connectivity index (χ2n) is 9.52. The second-order valence-corrected chi connectivity index (χ2v) is 9.52. The largest absolute Gasteiger partial charge is 0.434 e. The van der Waals surface area contributed by atoms with Gasteiger partial charge in [0, 0.05) is 13.1 Å². The first-order valence-corrected chi connectivity index (χ1v) is 13.2. The van der Waals surface area contributed by atoms with Crippen LogP contribution in [0.2, 0.25) is 0 Å². The van der Waals surface area contributed by atoms with Gasteiger partial charge in [-0.15, -0.1) is 0 Å². The number of oxazole rings is 1. The molecular weight excluding hydrogens is 489 g/mol. The summed E-state index contributed by atoms with van der Waals surface area (Å²) in [5.74, 6) is -3.19. The van der Waals surface area contributed by atoms with Crippen molar-refractivity contribution in [3.05, 3.63) is 66.1 Å². The smallest absolute Gasteiger partial charge is 0.266 e. The lowest BCUT2D eigenvalue weighted by molar-refractivity contribution is -0.146. The van der Waals surface area contributed by atoms with Crippen molar-refractivity contribution in [2.45, 2.75) is 51.2 Å². The first kappa shape index (κ1) is 27.4. The number of morpholine rings is 1. The Hall–Kier alpha value is -3.59. The number of aryl methyl sites for hydroxylation is 1. The van der Waals surface area contributed by atoms with E-state index >= 15 is 4.39 Å². The third-order valence-corrected chi connectivity index (χ3v) is 6.79. The molecule has 1 unspecified atom stereocenters. The Labute approximate surface area is 221 Å². The van der Waals surface area contributed by atoms with Gasteiger partial charge < -0.3 is 19.4 Å². The van der Waals surface area contributed by atoms with Crippen LogP contribution in [0, 0.1) is 5.92 Å². The Morgan fingerprint density at radius 3 is 2.45 bits per heavy atom. The van der Waals surface area contributed by atoms with E-state index in [1.165, 1.54) is 4.90 Å². The molecule has 3 atom stereocenters. The molecule has 1 saturated heterocycles. The Morgan fingerprint density at radius 1 is 1.03 bits per heavy atom. The molecule has 9 heteroatoms. The van der Waals surface area contributed by atoms with Crippen LogP contribution in [0.15, 0.2) is 59.0 Å². The number of aromatic nitrogens is 1. The predicted molar refractivity (Wildman–Crippen MR) is 140 cm³/mol. The van der Waals surface area contributed by atoms with E-state index < -0.39 is 35.7 Å². The van der Waals surface area contributed by atoms with Crippen LogP contribution >= 0.6 is 0 Å². The number of nitrogens with zero attached hydrogens (tertiary/aromatic N) is 2. The molecule has 0 saturated carbocycles. The first-order chi connectivity index (χ1) is 18.5. The van der Waals surface area contributed by atoms with Crippen molar-refractivity contribution in [3.8, 4) is 0 Å². The third-order valence-electron chi connectivity index (χ3n) is 6.79. The van der Waals surface area contributed by atoms with Gasteiger partial charge in [0.2, 0.25) is 11.7 Å². The molecule has 1 N–H and O–H groups in total. The van der Waals surface area contributed by atoms with Crippen molar-refractivity contribution in [2.24, 2.45) is 5.92 Å². The van der Waals surface area contributed by atoms with Gasteiger partial charge in [0.25, 0.3) is 11.8 Å². The Balaban J connectivity index is 1.49. The molecule has 1 fully saturated rings. The van der Waals surface area contributed by atoms with Gasteiger partial charge >= 0.3 is 0 Å². The molecule has 0 bridgehead atoms. The standard InChI is InChI=1S/C29H34FN3O5/c1-2-9-23(26(34)28-32-22-14-6-7-15-24(22)38-28)31-27(35)21(13-8-12-20-10-4-3-5-11-20)25(30)29(36)33-16-18-37-19-17-33/h3-7,10-11,14-15,21,23,25H,2,8-9,12-13,16-19H2,1H3,(H,31,35)/t21-,23+,25?/m1/s1. The summed E-state index contributed by atoms with van der Waals surface area (Å²) in [6, 6.07) is 15.8. The molecule has 3 aromatic rings. The number of amides is 2. The van der Waals surface area contributed by atoms with Crippen molar-refractivity contribution in [2.75, 3.05) is 26.3 Å². The lowest BCUT2D eigenvalue weighted by Gasteiger charge is -2.30. The minimum Gasteiger partial charge on any atom is -0.434 e. The first-order valence-electron chi connectivity index (χ1n) is 13.2. The number of hydrogen-bond donors (Lipinski definition) is 1. The average Bonchev–Trinajstić information content (AvgIpc) is 3.39. The van der Waals surface area contributed by atoms with Gasteiger partial charge in [-0.25, -0.2) is 9.37 Å². The predicted octanol–water partition coefficient (Wildman–Crippen LogP) is 4.13. The average molecular weight is 524 g/mol. The number of halogens is 1. The summed E-state index contributed by atoms with van der Waals surface area (Å²) in [5.41, 5.74) is 2.07. The van der Waals surface area contributed by atoms with E-state index in [-0.39, 0.29) is 25.4 Å². The van der Waals surface area contributed by atoms with Crippen LogP contribution in [-0.4, -0.2) is 66.0 Å². The number of ketones is 1. The van der Waals surface area contributed by atoms with Crippen molar-refractivity contribution >= 4 is 28.7 Å². The van der Waals surface area contributed by atoms with E-state index in [2.05, 4.69) is 10.3 Å². The monoisotopic (exact) mass is 523 g/mol. The van der Waals surface area contributed by atoms with Crippen molar-refractivity contribution in [3.63, 3.8) is 0 Å². The molecular formula is C29H34FN3O5. The summed E-state index contributed by atoms with van der Waals surface area (Å²) in [5, 5.41) is 2.72. The van der Waals surface area contributed by atoms with Gasteiger partial charge in [0.1, 0.15) is 5.52 Å². The molecule has 1 aromatic heterocycles. The summed E-state index contributed by atoms with van der Waals surface area (Å²) in [6.45, 7) is 3.12. The number of benzene rings is 2. The summed E-state index contributed by atoms with van der Waals surface area (Å²) in [4.78, 5) is 45.3. The molecule has 1 aliphatic rings. The van der Waals surface area contributed by atoms with Gasteiger partial charge in [0.15, 0.2) is 11.8 Å². The summed E-state index contributed by atoms with van der Waals surface area (Å²) in [7, 11) is 0. The fourth-order valence-electron chi connectivity index (χ4n) is 4.67. The Kier molecular flexibility index (Phi) is 9.59. The van der Waals surface area contributed by atoms with Crippen LogP contribution in [0.4, 0.5) is 4.39 Å². The van der Waals surface area contributed by atoms with Gasteiger partial charge in [-0.1, -0.05) is 55.8 Å². The zero-order valence-electron chi connectivity index (χ0n) is 21.6. The molecule has 8 nitrogen and oxygen atoms in total. The molecule has 0 spiro atoms. The van der Waals surface area contributed by atoms with E-state index in [1.54, 1.807) is 24.3 Å². The highest BCUT2D eigenvalue weighted by Crippen LogP contribution is 2.22. The second kappa shape index (κ2) is 13.3. The SMILES string of the molecule is CCC[C@H](NC(=O)[C@H](CCCc1ccccc1)C(F)C(=O)N1CCOCC1)C(=O)c1nc2ccccc2o1. The molecule has 0 aliphatic carbocycles. The number of Topliss-reactive ketones (excluding diaryl/α,β-unsaturated/α-hetero) is 1. The molecule has 1 aliphatic heterocycles. The number of rotatable bonds is 12. The normalized spacial score (nSPS) is 16.1. The topological polar surface area (TPSA) is 102 Å². The highest BCUT2D eigenvalue weighted by Gasteiger charge is 2.38. The minimum atomic E-state index is -2.02. The van der Waals surface area contributed by atoms with Crippen molar-refractivity contribution in [1.29, 1.82) is 0 Å². The molecule has 0 radical (unpaired) electrons. The molecule has 38 heavy (non-hydrogen) atoms. The van der Waals surface area contributed by atoms with Crippen LogP contribution in [0.3, 0.4) is 0 Å². The molecule has 2 amide bonds. The number of ether oxygens (including phenoxy) is 1. The number of nitrogens with one attached hydrogen (secondary N) is 1. The van der Waals surface area contributed by atoms with E-state index in [9.17, 15) is 14.4 Å². The number of para-hydroxylation sites is 2. The van der Waals surface area contributed by atoms with E-state index in [0.29, 0.717) is 50.0 Å². The maximum Gasteiger partial charge on any atom is 0.266 e.